The number of hydrogen-bond acceptors (Lipinski definition) is 3. The van der Waals surface area contributed by atoms with E-state index >= 15 is 0 Å². The molecule has 0 spiro atoms. The Morgan fingerprint density at radius 2 is 0.911 bits per heavy atom. The van der Waals surface area contributed by atoms with Crippen LogP contribution in [0.15, 0.2) is 182 Å². The van der Waals surface area contributed by atoms with E-state index < -0.39 is 0 Å². The lowest BCUT2D eigenvalue weighted by Gasteiger charge is -2.45. The van der Waals surface area contributed by atoms with Gasteiger partial charge in [0.15, 0.2) is 0 Å². The highest BCUT2D eigenvalue weighted by Crippen LogP contribution is 2.52. The fourth-order valence-corrected chi connectivity index (χ4v) is 6.61. The molecule has 0 N–H and O–H groups in total. The summed E-state index contributed by atoms with van der Waals surface area (Å²) in [5.74, 6) is 0.846. The SMILES string of the molecule is COc1ccc(C2C=C(c3ccccc3)N(c3ccccc3)[C@@H](c3ccccc3)[C@H](c3ccccc3)N2c2ccccc2)cc1. The van der Waals surface area contributed by atoms with Gasteiger partial charge in [-0.1, -0.05) is 140 Å². The van der Waals surface area contributed by atoms with E-state index in [0.29, 0.717) is 0 Å². The minimum absolute atomic E-state index is 0.0687. The molecule has 6 aromatic carbocycles. The van der Waals surface area contributed by atoms with Gasteiger partial charge in [-0.25, -0.2) is 0 Å². The molecule has 3 heteroatoms. The van der Waals surface area contributed by atoms with Crippen molar-refractivity contribution in [1.29, 1.82) is 0 Å². The van der Waals surface area contributed by atoms with Crippen molar-refractivity contribution in [2.75, 3.05) is 16.9 Å². The maximum absolute atomic E-state index is 5.59. The van der Waals surface area contributed by atoms with Crippen molar-refractivity contribution < 1.29 is 4.74 Å². The summed E-state index contributed by atoms with van der Waals surface area (Å²) in [4.78, 5) is 5.17. The first-order valence-electron chi connectivity index (χ1n) is 15.5. The molecule has 0 amide bonds. The highest BCUT2D eigenvalue weighted by Gasteiger charge is 2.42. The molecule has 0 saturated carbocycles. The predicted molar refractivity (Wildman–Crippen MR) is 186 cm³/mol. The molecule has 220 valence electrons. The third-order valence-corrected chi connectivity index (χ3v) is 8.65. The molecule has 1 aliphatic heterocycles. The summed E-state index contributed by atoms with van der Waals surface area (Å²) in [5.41, 5.74) is 8.32. The van der Waals surface area contributed by atoms with Gasteiger partial charge in [0, 0.05) is 17.1 Å². The van der Waals surface area contributed by atoms with Crippen LogP contribution in [0.1, 0.15) is 40.4 Å². The molecule has 3 nitrogen and oxygen atoms in total. The van der Waals surface area contributed by atoms with Crippen LogP contribution in [0.4, 0.5) is 11.4 Å². The number of benzene rings is 6. The third kappa shape index (κ3) is 5.73. The topological polar surface area (TPSA) is 15.7 Å². The molecule has 6 aromatic rings. The molecule has 1 aliphatic rings. The molecule has 0 bridgehead atoms. The predicted octanol–water partition coefficient (Wildman–Crippen LogP) is 10.3. The summed E-state index contributed by atoms with van der Waals surface area (Å²) in [6, 6.07) is 62.7. The van der Waals surface area contributed by atoms with Crippen molar-refractivity contribution in [1.82, 2.24) is 0 Å². The number of hydrogen-bond donors (Lipinski definition) is 0. The molecule has 0 aromatic heterocycles. The van der Waals surface area contributed by atoms with E-state index in [-0.39, 0.29) is 18.1 Å². The van der Waals surface area contributed by atoms with E-state index in [1.807, 2.05) is 0 Å². The molecule has 1 unspecified atom stereocenters. The summed E-state index contributed by atoms with van der Waals surface area (Å²) < 4.78 is 5.59. The maximum atomic E-state index is 5.59. The van der Waals surface area contributed by atoms with Gasteiger partial charge in [-0.05, 0) is 64.7 Å². The monoisotopic (exact) mass is 584 g/mol. The van der Waals surface area contributed by atoms with E-state index in [4.69, 9.17) is 4.74 Å². The summed E-state index contributed by atoms with van der Waals surface area (Å²) in [5, 5.41) is 0. The van der Waals surface area contributed by atoms with Crippen LogP contribution in [0.3, 0.4) is 0 Å². The Hall–Kier alpha value is -5.54. The van der Waals surface area contributed by atoms with Gasteiger partial charge in [-0.15, -0.1) is 0 Å². The average Bonchev–Trinajstić information content (AvgIpc) is 3.29. The number of anilines is 2. The van der Waals surface area contributed by atoms with E-state index in [0.717, 1.165) is 22.8 Å². The third-order valence-electron chi connectivity index (χ3n) is 8.65. The van der Waals surface area contributed by atoms with Crippen molar-refractivity contribution in [2.24, 2.45) is 0 Å². The van der Waals surface area contributed by atoms with Crippen molar-refractivity contribution in [3.8, 4) is 5.75 Å². The smallest absolute Gasteiger partial charge is 0.118 e. The van der Waals surface area contributed by atoms with Crippen LogP contribution < -0.4 is 14.5 Å². The molecular weight excluding hydrogens is 548 g/mol. The Labute approximate surface area is 266 Å². The average molecular weight is 585 g/mol. The van der Waals surface area contributed by atoms with Gasteiger partial charge in [0.1, 0.15) is 5.75 Å². The number of methoxy groups -OCH3 is 1. The van der Waals surface area contributed by atoms with Crippen molar-refractivity contribution >= 4 is 17.1 Å². The van der Waals surface area contributed by atoms with E-state index in [1.54, 1.807) is 7.11 Å². The molecule has 0 fully saturated rings. The van der Waals surface area contributed by atoms with Crippen LogP contribution in [0, 0.1) is 0 Å². The van der Waals surface area contributed by atoms with Gasteiger partial charge in [-0.3, -0.25) is 0 Å². The summed E-state index contributed by atoms with van der Waals surface area (Å²) >= 11 is 0. The van der Waals surface area contributed by atoms with Crippen LogP contribution in [-0.2, 0) is 0 Å². The van der Waals surface area contributed by atoms with Gasteiger partial charge in [0.2, 0.25) is 0 Å². The molecular formula is C42H36N2O. The normalized spacial score (nSPS) is 18.2. The van der Waals surface area contributed by atoms with Crippen molar-refractivity contribution in [3.05, 3.63) is 204 Å². The van der Waals surface area contributed by atoms with Crippen LogP contribution in [0.5, 0.6) is 5.75 Å². The molecule has 0 saturated heterocycles. The zero-order valence-electron chi connectivity index (χ0n) is 25.4. The first-order chi connectivity index (χ1) is 22.3. The van der Waals surface area contributed by atoms with E-state index in [2.05, 4.69) is 192 Å². The lowest BCUT2D eigenvalue weighted by atomic mass is 9.88. The fraction of sp³-hybridized carbons (Fsp3) is 0.0952. The molecule has 0 aliphatic carbocycles. The van der Waals surface area contributed by atoms with Gasteiger partial charge in [0.25, 0.3) is 0 Å². The van der Waals surface area contributed by atoms with Gasteiger partial charge >= 0.3 is 0 Å². The number of ether oxygens (including phenoxy) is 1. The molecule has 3 atom stereocenters. The molecule has 1 heterocycles. The lowest BCUT2D eigenvalue weighted by molar-refractivity contribution is 0.414. The zero-order chi connectivity index (χ0) is 30.4. The van der Waals surface area contributed by atoms with Crippen LogP contribution in [0.25, 0.3) is 5.70 Å². The Balaban J connectivity index is 1.60. The highest BCUT2D eigenvalue weighted by atomic mass is 16.5. The van der Waals surface area contributed by atoms with Gasteiger partial charge in [-0.2, -0.15) is 0 Å². The highest BCUT2D eigenvalue weighted by molar-refractivity contribution is 5.83. The van der Waals surface area contributed by atoms with Crippen molar-refractivity contribution in [3.63, 3.8) is 0 Å². The Morgan fingerprint density at radius 3 is 1.44 bits per heavy atom. The molecule has 0 radical (unpaired) electrons. The second-order valence-electron chi connectivity index (χ2n) is 11.3. The van der Waals surface area contributed by atoms with Crippen LogP contribution in [-0.4, -0.2) is 7.11 Å². The Bertz CT molecular complexity index is 1820. The second kappa shape index (κ2) is 13.0. The number of para-hydroxylation sites is 2. The maximum Gasteiger partial charge on any atom is 0.118 e. The number of nitrogens with zero attached hydrogens (tertiary/aromatic N) is 2. The largest absolute Gasteiger partial charge is 0.497 e. The van der Waals surface area contributed by atoms with Crippen molar-refractivity contribution in [2.45, 2.75) is 18.1 Å². The Morgan fingerprint density at radius 1 is 0.444 bits per heavy atom. The zero-order valence-corrected chi connectivity index (χ0v) is 25.4. The minimum atomic E-state index is -0.0985. The summed E-state index contributed by atoms with van der Waals surface area (Å²) in [7, 11) is 1.72. The molecule has 45 heavy (non-hydrogen) atoms. The molecule has 7 rings (SSSR count). The first kappa shape index (κ1) is 28.2. The fourth-order valence-electron chi connectivity index (χ4n) is 6.61. The van der Waals surface area contributed by atoms with Gasteiger partial charge < -0.3 is 14.5 Å². The summed E-state index contributed by atoms with van der Waals surface area (Å²) in [6.45, 7) is 0. The van der Waals surface area contributed by atoms with Crippen LogP contribution in [0.2, 0.25) is 0 Å². The van der Waals surface area contributed by atoms with Gasteiger partial charge in [0.05, 0.1) is 25.2 Å². The Kier molecular flexibility index (Phi) is 8.15. The number of rotatable bonds is 7. The minimum Gasteiger partial charge on any atom is -0.497 e. The van der Waals surface area contributed by atoms with E-state index in [9.17, 15) is 0 Å². The quantitative estimate of drug-likeness (QED) is 0.186. The first-order valence-corrected chi connectivity index (χ1v) is 15.5. The van der Waals surface area contributed by atoms with Crippen LogP contribution >= 0.6 is 0 Å². The second-order valence-corrected chi connectivity index (χ2v) is 11.3. The van der Waals surface area contributed by atoms with E-state index in [1.165, 1.54) is 22.3 Å². The standard InChI is InChI=1S/C42H36N2O/c1-45-38-29-27-33(28-30-38)40-31-39(32-17-7-2-8-18-32)43(36-23-13-5-14-24-36)41(34-19-9-3-10-20-34)42(35-21-11-4-12-22-35)44(40)37-25-15-6-16-26-37/h2-31,40-42H,1H3/t40?,41-,42-/m0/s1. The summed E-state index contributed by atoms with van der Waals surface area (Å²) in [6.07, 6.45) is 2.45. The lowest BCUT2D eigenvalue weighted by Crippen LogP contribution is -2.39.